The van der Waals surface area contributed by atoms with Crippen molar-refractivity contribution >= 4 is 44.5 Å². The van der Waals surface area contributed by atoms with Crippen molar-refractivity contribution < 1.29 is 19.5 Å². The summed E-state index contributed by atoms with van der Waals surface area (Å²) in [4.78, 5) is 38.0. The third kappa shape index (κ3) is 3.70. The second-order valence-corrected chi connectivity index (χ2v) is 5.67. The Morgan fingerprint density at radius 2 is 2.09 bits per heavy atom. The number of rotatable bonds is 6. The van der Waals surface area contributed by atoms with E-state index in [1.165, 1.54) is 17.4 Å². The van der Waals surface area contributed by atoms with E-state index in [9.17, 15) is 14.4 Å². The number of carbonyl (C=O) groups excluding carboxylic acids is 2. The Kier molecular flexibility index (Phi) is 4.56. The number of nitrogen functional groups attached to an aromatic ring is 1. The molecule has 0 aliphatic heterocycles. The highest BCUT2D eigenvalue weighted by Crippen LogP contribution is 2.24. The number of aromatic nitrogens is 1. The topological polar surface area (TPSA) is 148 Å². The van der Waals surface area contributed by atoms with E-state index in [1.54, 1.807) is 12.1 Å². The van der Waals surface area contributed by atoms with Crippen molar-refractivity contribution in [3.05, 3.63) is 23.8 Å². The van der Waals surface area contributed by atoms with Gasteiger partial charge < -0.3 is 21.9 Å². The number of aliphatic carboxylic acids is 1. The molecule has 0 saturated carbocycles. The third-order valence-electron chi connectivity index (χ3n) is 2.95. The lowest BCUT2D eigenvalue weighted by Gasteiger charge is -2.13. The molecular formula is C13H14N4O4S. The monoisotopic (exact) mass is 322 g/mol. The van der Waals surface area contributed by atoms with Gasteiger partial charge in [-0.25, -0.2) is 9.78 Å². The third-order valence-corrected chi connectivity index (χ3v) is 3.80. The second kappa shape index (κ2) is 6.39. The zero-order valence-corrected chi connectivity index (χ0v) is 12.2. The lowest BCUT2D eigenvalue weighted by atomic mass is 10.1. The minimum Gasteiger partial charge on any atom is -0.480 e. The Morgan fingerprint density at radius 3 is 2.73 bits per heavy atom. The number of nitrogens with two attached hydrogens (primary N) is 2. The van der Waals surface area contributed by atoms with Crippen LogP contribution in [-0.4, -0.2) is 33.9 Å². The fraction of sp³-hybridized carbons (Fsp3) is 0.231. The molecule has 2 amide bonds. The Hall–Kier alpha value is -2.68. The van der Waals surface area contributed by atoms with E-state index in [1.807, 2.05) is 0 Å². The van der Waals surface area contributed by atoms with Crippen LogP contribution in [0.2, 0.25) is 0 Å². The van der Waals surface area contributed by atoms with E-state index in [0.29, 0.717) is 16.2 Å². The van der Waals surface area contributed by atoms with Crippen molar-refractivity contribution in [1.29, 1.82) is 0 Å². The number of benzene rings is 1. The van der Waals surface area contributed by atoms with Crippen molar-refractivity contribution in [2.24, 2.45) is 5.73 Å². The molecule has 8 nitrogen and oxygen atoms in total. The van der Waals surface area contributed by atoms with Gasteiger partial charge in [-0.1, -0.05) is 11.3 Å². The van der Waals surface area contributed by atoms with Gasteiger partial charge in [0.25, 0.3) is 5.91 Å². The molecule has 0 bridgehead atoms. The number of amides is 2. The van der Waals surface area contributed by atoms with Gasteiger partial charge in [-0.15, -0.1) is 0 Å². The molecule has 9 heteroatoms. The fourth-order valence-corrected chi connectivity index (χ4v) is 2.64. The highest BCUT2D eigenvalue weighted by molar-refractivity contribution is 7.22. The molecule has 1 aromatic carbocycles. The summed E-state index contributed by atoms with van der Waals surface area (Å²) < 4.78 is 0.731. The molecule has 1 heterocycles. The lowest BCUT2D eigenvalue weighted by Crippen LogP contribution is -2.41. The zero-order chi connectivity index (χ0) is 16.3. The number of hydrogen-bond donors (Lipinski definition) is 4. The molecule has 1 aromatic heterocycles. The maximum absolute atomic E-state index is 12.1. The van der Waals surface area contributed by atoms with Gasteiger partial charge in [-0.3, -0.25) is 9.59 Å². The van der Waals surface area contributed by atoms with E-state index in [0.717, 1.165) is 4.70 Å². The van der Waals surface area contributed by atoms with E-state index < -0.39 is 23.8 Å². The zero-order valence-electron chi connectivity index (χ0n) is 11.4. The van der Waals surface area contributed by atoms with Crippen LogP contribution in [0, 0.1) is 0 Å². The predicted octanol–water partition coefficient (Wildman–Crippen LogP) is 0.327. The van der Waals surface area contributed by atoms with Gasteiger partial charge in [-0.05, 0) is 24.6 Å². The van der Waals surface area contributed by atoms with Crippen LogP contribution in [0.15, 0.2) is 18.2 Å². The van der Waals surface area contributed by atoms with Crippen molar-refractivity contribution in [1.82, 2.24) is 10.3 Å². The molecule has 0 fully saturated rings. The highest BCUT2D eigenvalue weighted by atomic mass is 32.1. The van der Waals surface area contributed by atoms with Gasteiger partial charge in [0.2, 0.25) is 5.91 Å². The van der Waals surface area contributed by atoms with Gasteiger partial charge in [0.15, 0.2) is 5.13 Å². The van der Waals surface area contributed by atoms with Gasteiger partial charge in [-0.2, -0.15) is 0 Å². The van der Waals surface area contributed by atoms with Crippen LogP contribution >= 0.6 is 11.3 Å². The van der Waals surface area contributed by atoms with Crippen molar-refractivity contribution in [2.75, 3.05) is 5.73 Å². The van der Waals surface area contributed by atoms with Crippen molar-refractivity contribution in [3.8, 4) is 0 Å². The number of fused-ring (bicyclic) bond motifs is 1. The first-order valence-electron chi connectivity index (χ1n) is 6.35. The molecule has 116 valence electrons. The van der Waals surface area contributed by atoms with Crippen LogP contribution in [0.3, 0.4) is 0 Å². The first-order valence-corrected chi connectivity index (χ1v) is 7.16. The van der Waals surface area contributed by atoms with E-state index in [-0.39, 0.29) is 12.8 Å². The average Bonchev–Trinajstić information content (AvgIpc) is 2.81. The SMILES string of the molecule is NC(=O)CCC(NC(=O)c1ccc2nc(N)sc2c1)C(=O)O. The van der Waals surface area contributed by atoms with E-state index in [2.05, 4.69) is 10.3 Å². The number of nitrogens with one attached hydrogen (secondary N) is 1. The largest absolute Gasteiger partial charge is 0.480 e. The summed E-state index contributed by atoms with van der Waals surface area (Å²) in [5.74, 6) is -2.40. The Morgan fingerprint density at radius 1 is 1.36 bits per heavy atom. The second-order valence-electron chi connectivity index (χ2n) is 4.60. The van der Waals surface area contributed by atoms with Crippen LogP contribution < -0.4 is 16.8 Å². The van der Waals surface area contributed by atoms with Gasteiger partial charge in [0.1, 0.15) is 6.04 Å². The molecule has 22 heavy (non-hydrogen) atoms. The van der Waals surface area contributed by atoms with Crippen LogP contribution in [0.1, 0.15) is 23.2 Å². The first-order chi connectivity index (χ1) is 10.4. The van der Waals surface area contributed by atoms with Gasteiger partial charge in [0, 0.05) is 12.0 Å². The molecular weight excluding hydrogens is 308 g/mol. The summed E-state index contributed by atoms with van der Waals surface area (Å²) >= 11 is 1.23. The number of carboxylic acid groups (broad SMARTS) is 1. The minimum atomic E-state index is -1.22. The number of carboxylic acids is 1. The molecule has 6 N–H and O–H groups in total. The number of nitrogens with zero attached hydrogens (tertiary/aromatic N) is 1. The van der Waals surface area contributed by atoms with Crippen molar-refractivity contribution in [2.45, 2.75) is 18.9 Å². The number of thiazole rings is 1. The van der Waals surface area contributed by atoms with Gasteiger partial charge >= 0.3 is 5.97 Å². The molecule has 0 aliphatic rings. The first kappa shape index (κ1) is 15.7. The smallest absolute Gasteiger partial charge is 0.326 e. The summed E-state index contributed by atoms with van der Waals surface area (Å²) in [5, 5.41) is 11.8. The van der Waals surface area contributed by atoms with Gasteiger partial charge in [0.05, 0.1) is 10.2 Å². The highest BCUT2D eigenvalue weighted by Gasteiger charge is 2.21. The predicted molar refractivity (Wildman–Crippen MR) is 81.4 cm³/mol. The van der Waals surface area contributed by atoms with Crippen LogP contribution in [0.25, 0.3) is 10.2 Å². The van der Waals surface area contributed by atoms with Crippen molar-refractivity contribution in [3.63, 3.8) is 0 Å². The average molecular weight is 322 g/mol. The van der Waals surface area contributed by atoms with E-state index >= 15 is 0 Å². The van der Waals surface area contributed by atoms with Crippen LogP contribution in [0.5, 0.6) is 0 Å². The normalized spacial score (nSPS) is 12.0. The summed E-state index contributed by atoms with van der Waals surface area (Å²) in [6.07, 6.45) is -0.187. The number of carbonyl (C=O) groups is 3. The molecule has 1 atom stereocenters. The molecule has 0 radical (unpaired) electrons. The number of anilines is 1. The standard InChI is InChI=1S/C13H14N4O4S/c14-10(18)4-3-8(12(20)21)16-11(19)6-1-2-7-9(5-6)22-13(15)17-7/h1-2,5,8H,3-4H2,(H2,14,18)(H2,15,17)(H,16,19)(H,20,21). The quantitative estimate of drug-likeness (QED) is 0.602. The summed E-state index contributed by atoms with van der Waals surface area (Å²) in [6, 6.07) is 3.58. The molecule has 2 aromatic rings. The van der Waals surface area contributed by atoms with Crippen LogP contribution in [-0.2, 0) is 9.59 Å². The fourth-order valence-electron chi connectivity index (χ4n) is 1.87. The Labute approximate surface area is 129 Å². The van der Waals surface area contributed by atoms with Crippen LogP contribution in [0.4, 0.5) is 5.13 Å². The molecule has 0 saturated heterocycles. The van der Waals surface area contributed by atoms with E-state index in [4.69, 9.17) is 16.6 Å². The number of hydrogen-bond acceptors (Lipinski definition) is 6. The minimum absolute atomic E-state index is 0.0633. The molecule has 2 rings (SSSR count). The lowest BCUT2D eigenvalue weighted by molar-refractivity contribution is -0.139. The maximum atomic E-state index is 12.1. The molecule has 1 unspecified atom stereocenters. The number of primary amides is 1. The summed E-state index contributed by atoms with van der Waals surface area (Å²) in [5.41, 5.74) is 11.5. The maximum Gasteiger partial charge on any atom is 0.326 e. The molecule has 0 spiro atoms. The Bertz CT molecular complexity index is 743. The molecule has 0 aliphatic carbocycles. The Balaban J connectivity index is 2.13. The summed E-state index contributed by atoms with van der Waals surface area (Å²) in [6.45, 7) is 0. The summed E-state index contributed by atoms with van der Waals surface area (Å²) in [7, 11) is 0.